The molecule has 7 nitrogen and oxygen atoms in total. The Balaban J connectivity index is 1.35. The molecule has 0 aliphatic heterocycles. The average molecular weight is 446 g/mol. The molecule has 0 bridgehead atoms. The van der Waals surface area contributed by atoms with Gasteiger partial charge in [-0.05, 0) is 62.3 Å². The Labute approximate surface area is 196 Å². The van der Waals surface area contributed by atoms with Gasteiger partial charge in [-0.2, -0.15) is 5.10 Å². The van der Waals surface area contributed by atoms with Crippen molar-refractivity contribution in [2.24, 2.45) is 5.73 Å². The van der Waals surface area contributed by atoms with Gasteiger partial charge in [0.2, 0.25) is 0 Å². The van der Waals surface area contributed by atoms with Crippen LogP contribution in [0, 0.1) is 11.8 Å². The second-order valence-electron chi connectivity index (χ2n) is 8.95. The average Bonchev–Trinajstić information content (AvgIpc) is 3.37. The first-order valence-electron chi connectivity index (χ1n) is 12.3. The maximum Gasteiger partial charge on any atom is 0.166 e. The van der Waals surface area contributed by atoms with Gasteiger partial charge in [-0.25, -0.2) is 4.98 Å². The lowest BCUT2D eigenvalue weighted by molar-refractivity contribution is 0.212. The number of nitrogen functional groups attached to an aromatic ring is 1. The van der Waals surface area contributed by atoms with Crippen LogP contribution in [-0.4, -0.2) is 31.5 Å². The number of hydrogen-bond acceptors (Lipinski definition) is 6. The maximum absolute atomic E-state index is 9.95. The van der Waals surface area contributed by atoms with Crippen LogP contribution in [0.2, 0.25) is 0 Å². The van der Waals surface area contributed by atoms with Crippen molar-refractivity contribution in [3.8, 4) is 28.7 Å². The fourth-order valence-electron chi connectivity index (χ4n) is 3.95. The summed E-state index contributed by atoms with van der Waals surface area (Å²) in [6, 6.07) is 9.01. The second-order valence-corrected chi connectivity index (χ2v) is 8.95. The fourth-order valence-corrected chi connectivity index (χ4v) is 3.95. The van der Waals surface area contributed by atoms with Gasteiger partial charge in [0.15, 0.2) is 11.6 Å². The standard InChI is InChI=1S/C26H29N5O2/c27-22-4-6-23(7-5-22)31-16-21(15-30-31)20-13-24(25(28)29-14-20)33-17-19-3-1-2-18(12-19)8-9-26(32)10-11-26/h1-3,12-16,22-23,32H,4-7,10-11,17,27H2,(H2,28,29)/i17D2. The summed E-state index contributed by atoms with van der Waals surface area (Å²) >= 11 is 0. The lowest BCUT2D eigenvalue weighted by atomic mass is 9.92. The van der Waals surface area contributed by atoms with Gasteiger partial charge in [0.25, 0.3) is 0 Å². The molecule has 2 heterocycles. The van der Waals surface area contributed by atoms with E-state index in [2.05, 4.69) is 21.9 Å². The molecule has 0 spiro atoms. The molecule has 2 aromatic heterocycles. The molecule has 0 radical (unpaired) electrons. The van der Waals surface area contributed by atoms with E-state index in [1.807, 2.05) is 10.9 Å². The van der Waals surface area contributed by atoms with Gasteiger partial charge in [0, 0.05) is 35.1 Å². The Morgan fingerprint density at radius 3 is 2.79 bits per heavy atom. The Morgan fingerprint density at radius 2 is 2.00 bits per heavy atom. The lowest BCUT2D eigenvalue weighted by Gasteiger charge is -2.26. The summed E-state index contributed by atoms with van der Waals surface area (Å²) in [5.74, 6) is 6.00. The molecule has 2 saturated carbocycles. The Hall–Kier alpha value is -3.34. The zero-order valence-electron chi connectivity index (χ0n) is 20.4. The molecule has 0 amide bonds. The number of benzene rings is 1. The molecule has 170 valence electrons. The molecule has 3 aromatic rings. The highest BCUT2D eigenvalue weighted by Crippen LogP contribution is 2.34. The van der Waals surface area contributed by atoms with Gasteiger partial charge in [-0.3, -0.25) is 4.68 Å². The number of aliphatic hydroxyl groups is 1. The number of rotatable bonds is 5. The van der Waals surface area contributed by atoms with Gasteiger partial charge in [0.05, 0.1) is 15.0 Å². The minimum absolute atomic E-state index is 0.0955. The third-order valence-electron chi connectivity index (χ3n) is 6.24. The van der Waals surface area contributed by atoms with E-state index in [0.29, 0.717) is 30.0 Å². The van der Waals surface area contributed by atoms with Crippen molar-refractivity contribution >= 4 is 5.82 Å². The van der Waals surface area contributed by atoms with Crippen molar-refractivity contribution in [1.82, 2.24) is 14.8 Å². The van der Waals surface area contributed by atoms with Gasteiger partial charge in [0.1, 0.15) is 12.2 Å². The van der Waals surface area contributed by atoms with Gasteiger partial charge >= 0.3 is 0 Å². The Kier molecular flexibility index (Phi) is 5.16. The first-order chi connectivity index (χ1) is 16.7. The molecule has 2 aliphatic rings. The topological polar surface area (TPSA) is 112 Å². The second kappa shape index (κ2) is 8.89. The van der Waals surface area contributed by atoms with Crippen LogP contribution in [0.5, 0.6) is 5.75 Å². The summed E-state index contributed by atoms with van der Waals surface area (Å²) < 4.78 is 24.8. The molecule has 5 rings (SSSR count). The summed E-state index contributed by atoms with van der Waals surface area (Å²) in [5.41, 5.74) is 13.6. The number of hydrogen-bond donors (Lipinski definition) is 3. The highest BCUT2D eigenvalue weighted by atomic mass is 16.5. The minimum Gasteiger partial charge on any atom is -0.485 e. The first kappa shape index (κ1) is 19.2. The van der Waals surface area contributed by atoms with Gasteiger partial charge in [-0.1, -0.05) is 24.0 Å². The molecule has 5 N–H and O–H groups in total. The highest BCUT2D eigenvalue weighted by Gasteiger charge is 2.38. The molecule has 33 heavy (non-hydrogen) atoms. The van der Waals surface area contributed by atoms with Crippen molar-refractivity contribution in [2.45, 2.75) is 62.8 Å². The Morgan fingerprint density at radius 1 is 1.18 bits per heavy atom. The van der Waals surface area contributed by atoms with Crippen LogP contribution in [-0.2, 0) is 6.56 Å². The number of pyridine rings is 1. The summed E-state index contributed by atoms with van der Waals surface area (Å²) in [5, 5.41) is 14.5. The highest BCUT2D eigenvalue weighted by molar-refractivity contribution is 5.65. The third-order valence-corrected chi connectivity index (χ3v) is 6.24. The van der Waals surface area contributed by atoms with Crippen LogP contribution < -0.4 is 16.2 Å². The smallest absolute Gasteiger partial charge is 0.166 e. The van der Waals surface area contributed by atoms with Crippen LogP contribution in [0.15, 0.2) is 48.9 Å². The summed E-state index contributed by atoms with van der Waals surface area (Å²) in [7, 11) is 0. The summed E-state index contributed by atoms with van der Waals surface area (Å²) in [6.45, 7) is -2.17. The van der Waals surface area contributed by atoms with Crippen molar-refractivity contribution in [3.63, 3.8) is 0 Å². The van der Waals surface area contributed by atoms with Crippen LogP contribution in [0.4, 0.5) is 5.82 Å². The first-order valence-corrected chi connectivity index (χ1v) is 11.3. The molecular formula is C26H29N5O2. The Bertz CT molecular complexity index is 1280. The van der Waals surface area contributed by atoms with Crippen molar-refractivity contribution in [2.75, 3.05) is 5.73 Å². The quantitative estimate of drug-likeness (QED) is 0.519. The van der Waals surface area contributed by atoms with E-state index >= 15 is 0 Å². The zero-order valence-corrected chi connectivity index (χ0v) is 18.4. The minimum atomic E-state index is -2.17. The normalized spacial score (nSPS) is 22.5. The monoisotopic (exact) mass is 445 g/mol. The molecule has 0 atom stereocenters. The van der Waals surface area contributed by atoms with E-state index in [9.17, 15) is 5.11 Å². The molecular weight excluding hydrogens is 414 g/mol. The van der Waals surface area contributed by atoms with Crippen LogP contribution in [0.25, 0.3) is 11.1 Å². The largest absolute Gasteiger partial charge is 0.485 e. The molecule has 7 heteroatoms. The molecule has 1 aromatic carbocycles. The summed E-state index contributed by atoms with van der Waals surface area (Å²) in [4.78, 5) is 4.23. The number of aromatic nitrogens is 3. The van der Waals surface area contributed by atoms with E-state index in [1.165, 1.54) is 0 Å². The van der Waals surface area contributed by atoms with E-state index < -0.39 is 12.2 Å². The third kappa shape index (κ3) is 5.19. The lowest BCUT2D eigenvalue weighted by Crippen LogP contribution is -2.27. The zero-order chi connectivity index (χ0) is 24.6. The van der Waals surface area contributed by atoms with Crippen LogP contribution in [0.3, 0.4) is 0 Å². The van der Waals surface area contributed by atoms with Crippen molar-refractivity contribution in [3.05, 3.63) is 60.0 Å². The number of nitrogens with two attached hydrogens (primary N) is 2. The summed E-state index contributed by atoms with van der Waals surface area (Å²) in [6.07, 6.45) is 10.7. The van der Waals surface area contributed by atoms with Crippen molar-refractivity contribution in [1.29, 1.82) is 0 Å². The van der Waals surface area contributed by atoms with E-state index in [-0.39, 0.29) is 17.6 Å². The number of ether oxygens (including phenoxy) is 1. The number of nitrogens with zero attached hydrogens (tertiary/aromatic N) is 3. The van der Waals surface area contributed by atoms with Crippen LogP contribution >= 0.6 is 0 Å². The van der Waals surface area contributed by atoms with E-state index in [0.717, 1.165) is 36.8 Å². The molecule has 2 fully saturated rings. The molecule has 0 saturated heterocycles. The predicted octanol–water partition coefficient (Wildman–Crippen LogP) is 3.43. The van der Waals surface area contributed by atoms with Crippen molar-refractivity contribution < 1.29 is 12.6 Å². The SMILES string of the molecule is [2H]C([2H])(Oc1cc(-c2cnn(C3CCC(N)CC3)c2)cnc1N)c1cccc(C#CC2(O)CC2)c1. The number of anilines is 1. The van der Waals surface area contributed by atoms with E-state index in [1.54, 1.807) is 42.7 Å². The molecule has 0 unspecified atom stereocenters. The van der Waals surface area contributed by atoms with Gasteiger partial charge in [-0.15, -0.1) is 0 Å². The van der Waals surface area contributed by atoms with Gasteiger partial charge < -0.3 is 21.3 Å². The van der Waals surface area contributed by atoms with Crippen LogP contribution in [0.1, 0.15) is 58.4 Å². The maximum atomic E-state index is 9.95. The fraction of sp³-hybridized carbons (Fsp3) is 0.385. The molecule has 2 aliphatic carbocycles. The van der Waals surface area contributed by atoms with E-state index in [4.69, 9.17) is 18.9 Å². The predicted molar refractivity (Wildman–Crippen MR) is 127 cm³/mol.